The highest BCUT2D eigenvalue weighted by Crippen LogP contribution is 2.69. The molecule has 7 atom stereocenters. The van der Waals surface area contributed by atoms with Gasteiger partial charge in [-0.05, 0) is 50.7 Å². The summed E-state index contributed by atoms with van der Waals surface area (Å²) in [5.74, 6) is -0.143. The van der Waals surface area contributed by atoms with Crippen LogP contribution < -0.4 is 0 Å². The lowest BCUT2D eigenvalue weighted by Crippen LogP contribution is -2.66. The Morgan fingerprint density at radius 3 is 2.74 bits per heavy atom. The SMILES string of the molecule is CCS(=O)C1=C(Cl)C[C@H]2[C@@H]3CCC4=CC(=O)C=C[C@]4(C)C3(F)[C@@H](O)C[C@]12C. The molecule has 0 amide bonds. The number of carbonyl (C=O) groups is 1. The van der Waals surface area contributed by atoms with Crippen molar-refractivity contribution < 1.29 is 18.5 Å². The first kappa shape index (κ1) is 19.5. The molecule has 0 aliphatic heterocycles. The van der Waals surface area contributed by atoms with Crippen LogP contribution in [0.3, 0.4) is 0 Å². The molecule has 27 heavy (non-hydrogen) atoms. The van der Waals surface area contributed by atoms with Gasteiger partial charge < -0.3 is 5.11 Å². The maximum Gasteiger partial charge on any atom is 0.178 e. The van der Waals surface area contributed by atoms with Gasteiger partial charge in [0.05, 0.1) is 16.9 Å². The second-order valence-corrected chi connectivity index (χ2v) is 11.0. The molecule has 4 aliphatic rings. The van der Waals surface area contributed by atoms with Crippen molar-refractivity contribution in [1.29, 1.82) is 0 Å². The summed E-state index contributed by atoms with van der Waals surface area (Å²) >= 11 is 6.54. The number of allylic oxidation sites excluding steroid dienone is 6. The first-order chi connectivity index (χ1) is 12.6. The second kappa shape index (κ2) is 6.11. The van der Waals surface area contributed by atoms with E-state index in [1.54, 1.807) is 13.0 Å². The van der Waals surface area contributed by atoms with Crippen LogP contribution in [-0.4, -0.2) is 32.6 Å². The number of fused-ring (bicyclic) bond motifs is 5. The second-order valence-electron chi connectivity index (χ2n) is 8.84. The van der Waals surface area contributed by atoms with Crippen molar-refractivity contribution in [3.63, 3.8) is 0 Å². The lowest BCUT2D eigenvalue weighted by molar-refractivity contribution is -0.184. The molecule has 2 unspecified atom stereocenters. The van der Waals surface area contributed by atoms with E-state index in [2.05, 4.69) is 0 Å². The minimum absolute atomic E-state index is 0.0895. The molecule has 148 valence electrons. The number of alkyl halides is 1. The number of aliphatic hydroxyl groups is 1. The highest BCUT2D eigenvalue weighted by atomic mass is 35.5. The van der Waals surface area contributed by atoms with Crippen molar-refractivity contribution in [1.82, 2.24) is 0 Å². The number of ketones is 1. The molecular weight excluding hydrogens is 387 g/mol. The maximum absolute atomic E-state index is 16.8. The van der Waals surface area contributed by atoms with Gasteiger partial charge in [0.25, 0.3) is 0 Å². The molecule has 1 N–H and O–H groups in total. The van der Waals surface area contributed by atoms with Gasteiger partial charge in [-0.1, -0.05) is 37.1 Å². The summed E-state index contributed by atoms with van der Waals surface area (Å²) < 4.78 is 29.5. The maximum atomic E-state index is 16.8. The van der Waals surface area contributed by atoms with Gasteiger partial charge in [-0.2, -0.15) is 0 Å². The number of aliphatic hydroxyl groups excluding tert-OH is 1. The van der Waals surface area contributed by atoms with Crippen LogP contribution in [0.25, 0.3) is 0 Å². The largest absolute Gasteiger partial charge is 0.390 e. The Morgan fingerprint density at radius 1 is 1.37 bits per heavy atom. The minimum Gasteiger partial charge on any atom is -0.390 e. The summed E-state index contributed by atoms with van der Waals surface area (Å²) in [6, 6.07) is 0. The minimum atomic E-state index is -1.86. The van der Waals surface area contributed by atoms with E-state index in [1.807, 2.05) is 13.8 Å². The quantitative estimate of drug-likeness (QED) is 0.740. The third kappa shape index (κ3) is 2.34. The molecule has 0 aromatic heterocycles. The number of rotatable bonds is 2. The predicted molar refractivity (Wildman–Crippen MR) is 105 cm³/mol. The molecule has 4 rings (SSSR count). The molecule has 0 aromatic carbocycles. The average molecular weight is 413 g/mol. The van der Waals surface area contributed by atoms with E-state index in [4.69, 9.17) is 11.6 Å². The highest BCUT2D eigenvalue weighted by molar-refractivity contribution is 7.89. The van der Waals surface area contributed by atoms with E-state index in [-0.39, 0.29) is 18.1 Å². The number of hydrogen-bond donors (Lipinski definition) is 1. The Morgan fingerprint density at radius 2 is 2.07 bits per heavy atom. The first-order valence-electron chi connectivity index (χ1n) is 9.68. The van der Waals surface area contributed by atoms with Crippen molar-refractivity contribution in [2.75, 3.05) is 5.75 Å². The summed E-state index contributed by atoms with van der Waals surface area (Å²) in [6.45, 7) is 5.65. The molecule has 0 heterocycles. The van der Waals surface area contributed by atoms with Crippen molar-refractivity contribution in [2.24, 2.45) is 22.7 Å². The molecule has 2 fully saturated rings. The molecule has 0 bridgehead atoms. The van der Waals surface area contributed by atoms with Crippen LogP contribution in [0.15, 0.2) is 33.7 Å². The Kier molecular flexibility index (Phi) is 4.42. The topological polar surface area (TPSA) is 54.4 Å². The fourth-order valence-corrected chi connectivity index (χ4v) is 8.34. The lowest BCUT2D eigenvalue weighted by Gasteiger charge is -2.61. The van der Waals surface area contributed by atoms with Crippen LogP contribution in [0.1, 0.15) is 46.5 Å². The van der Waals surface area contributed by atoms with Gasteiger partial charge in [-0.25, -0.2) is 4.39 Å². The summed E-state index contributed by atoms with van der Waals surface area (Å²) in [7, 11) is -1.21. The first-order valence-corrected chi connectivity index (χ1v) is 11.4. The summed E-state index contributed by atoms with van der Waals surface area (Å²) in [4.78, 5) is 12.5. The van der Waals surface area contributed by atoms with Gasteiger partial charge in [0.15, 0.2) is 11.5 Å². The van der Waals surface area contributed by atoms with Crippen LogP contribution in [0, 0.1) is 22.7 Å². The number of halogens is 2. The molecule has 0 radical (unpaired) electrons. The molecule has 3 nitrogen and oxygen atoms in total. The zero-order valence-corrected chi connectivity index (χ0v) is 17.5. The summed E-state index contributed by atoms with van der Waals surface area (Å²) in [5, 5.41) is 11.7. The van der Waals surface area contributed by atoms with E-state index < -0.39 is 39.3 Å². The fraction of sp³-hybridized carbons (Fsp3) is 0.667. The van der Waals surface area contributed by atoms with Gasteiger partial charge in [0.2, 0.25) is 0 Å². The van der Waals surface area contributed by atoms with Crippen LogP contribution in [0.2, 0.25) is 0 Å². The van der Waals surface area contributed by atoms with E-state index in [1.165, 1.54) is 12.2 Å². The monoisotopic (exact) mass is 412 g/mol. The number of hydrogen-bond acceptors (Lipinski definition) is 3. The van der Waals surface area contributed by atoms with Crippen molar-refractivity contribution in [2.45, 2.75) is 58.2 Å². The molecular formula is C21H26ClFO3S. The van der Waals surface area contributed by atoms with E-state index in [0.717, 1.165) is 5.57 Å². The van der Waals surface area contributed by atoms with Crippen LogP contribution in [-0.2, 0) is 15.6 Å². The standard InChI is InChI=1S/C21H26ClFO3S/c1-4-27(26)18-16(22)10-15-14-6-5-12-9-13(24)7-8-20(12,3)21(14,23)17(25)11-19(15,18)2/h7-9,14-15,17,25H,4-6,10-11H2,1-3H3/t14-,15-,17-,19-,20-,21?,27?/m0/s1. The zero-order valence-electron chi connectivity index (χ0n) is 15.9. The van der Waals surface area contributed by atoms with Crippen LogP contribution in [0.5, 0.6) is 0 Å². The molecule has 0 spiro atoms. The van der Waals surface area contributed by atoms with E-state index in [0.29, 0.717) is 35.0 Å². The Hall–Kier alpha value is -0.780. The van der Waals surface area contributed by atoms with E-state index >= 15 is 4.39 Å². The molecule has 0 saturated heterocycles. The van der Waals surface area contributed by atoms with Crippen molar-refractivity contribution in [3.8, 4) is 0 Å². The molecule has 6 heteroatoms. The average Bonchev–Trinajstić information content (AvgIpc) is 2.86. The summed E-state index contributed by atoms with van der Waals surface area (Å²) in [6.07, 6.45) is 5.31. The Bertz CT molecular complexity index is 833. The van der Waals surface area contributed by atoms with Gasteiger partial charge in [-0.15, -0.1) is 0 Å². The zero-order chi connectivity index (χ0) is 19.8. The van der Waals surface area contributed by atoms with E-state index in [9.17, 15) is 14.1 Å². The van der Waals surface area contributed by atoms with Crippen molar-refractivity contribution in [3.05, 3.63) is 33.7 Å². The van der Waals surface area contributed by atoms with Crippen LogP contribution >= 0.6 is 11.6 Å². The Balaban J connectivity index is 1.82. The van der Waals surface area contributed by atoms with Crippen molar-refractivity contribution >= 4 is 28.2 Å². The summed E-state index contributed by atoms with van der Waals surface area (Å²) in [5.41, 5.74) is -2.64. The van der Waals surface area contributed by atoms with Gasteiger partial charge in [0.1, 0.15) is 0 Å². The molecule has 2 saturated carbocycles. The third-order valence-corrected chi connectivity index (χ3v) is 9.83. The van der Waals surface area contributed by atoms with Gasteiger partial charge >= 0.3 is 0 Å². The Labute approximate surface area is 167 Å². The van der Waals surface area contributed by atoms with Crippen LogP contribution in [0.4, 0.5) is 4.39 Å². The van der Waals surface area contributed by atoms with Gasteiger partial charge in [-0.3, -0.25) is 9.00 Å². The predicted octanol–water partition coefficient (Wildman–Crippen LogP) is 4.19. The lowest BCUT2D eigenvalue weighted by atomic mass is 9.46. The molecule has 4 aliphatic carbocycles. The number of carbonyl (C=O) groups excluding carboxylic acids is 1. The smallest absolute Gasteiger partial charge is 0.178 e. The molecule has 0 aromatic rings. The highest BCUT2D eigenvalue weighted by Gasteiger charge is 2.70. The fourth-order valence-electron chi connectivity index (χ4n) is 6.32. The normalized spacial score (nSPS) is 47.3. The third-order valence-electron chi connectivity index (χ3n) is 7.69. The van der Waals surface area contributed by atoms with Gasteiger partial charge in [0, 0.05) is 32.4 Å².